The maximum absolute atomic E-state index is 6.09. The van der Waals surface area contributed by atoms with E-state index in [4.69, 9.17) is 23.7 Å². The van der Waals surface area contributed by atoms with Gasteiger partial charge in [0.05, 0.1) is 47.8 Å². The molecule has 0 aromatic heterocycles. The van der Waals surface area contributed by atoms with Crippen LogP contribution in [0.4, 0.5) is 0 Å². The lowest BCUT2D eigenvalue weighted by atomic mass is 9.86. The number of hydrogen-bond acceptors (Lipinski definition) is 5. The van der Waals surface area contributed by atoms with Crippen LogP contribution in [0, 0.1) is 55.4 Å². The Morgan fingerprint density at radius 3 is 1.41 bits per heavy atom. The van der Waals surface area contributed by atoms with Gasteiger partial charge in [0.15, 0.2) is 0 Å². The Balaban J connectivity index is 0.000000156. The van der Waals surface area contributed by atoms with E-state index in [-0.39, 0.29) is 34.1 Å². The molecule has 0 saturated carbocycles. The number of epoxide rings is 3. The maximum Gasteiger partial charge on any atom is 0.127 e. The fourth-order valence-electron chi connectivity index (χ4n) is 14.1. The molecule has 0 amide bonds. The first-order valence-corrected chi connectivity index (χ1v) is 35.5. The summed E-state index contributed by atoms with van der Waals surface area (Å²) in [5.74, 6) is 0.939. The van der Waals surface area contributed by atoms with Crippen molar-refractivity contribution in [2.75, 3.05) is 13.2 Å². The molecule has 3 heterocycles. The molecule has 9 aromatic carbocycles. The predicted octanol–water partition coefficient (Wildman–Crippen LogP) is 23.8. The molecule has 3 aliphatic heterocycles. The van der Waals surface area contributed by atoms with Crippen LogP contribution in [-0.4, -0.2) is 47.3 Å². The third-order valence-corrected chi connectivity index (χ3v) is 20.8. The van der Waals surface area contributed by atoms with E-state index in [1.807, 2.05) is 42.5 Å². The molecule has 0 spiro atoms. The lowest BCUT2D eigenvalue weighted by molar-refractivity contribution is 0.105. The molecule has 9 aromatic rings. The lowest BCUT2D eigenvalue weighted by Gasteiger charge is -2.17. The van der Waals surface area contributed by atoms with Gasteiger partial charge in [-0.15, -0.1) is 13.2 Å². The van der Waals surface area contributed by atoms with Crippen molar-refractivity contribution in [3.8, 4) is 5.75 Å². The summed E-state index contributed by atoms with van der Waals surface area (Å²) < 4.78 is 29.6. The summed E-state index contributed by atoms with van der Waals surface area (Å²) in [4.78, 5) is 0. The minimum Gasteiger partial charge on any atom is -0.493 e. The van der Waals surface area contributed by atoms with Crippen molar-refractivity contribution in [3.63, 3.8) is 0 Å². The summed E-state index contributed by atoms with van der Waals surface area (Å²) >= 11 is 0. The molecule has 3 aliphatic rings. The van der Waals surface area contributed by atoms with Gasteiger partial charge < -0.3 is 23.7 Å². The predicted molar refractivity (Wildman–Crippen MR) is 422 cm³/mol. The van der Waals surface area contributed by atoms with E-state index >= 15 is 0 Å². The topological polar surface area (TPSA) is 56.1 Å². The van der Waals surface area contributed by atoms with E-state index < -0.39 is 0 Å². The molecule has 0 N–H and O–H groups in total. The van der Waals surface area contributed by atoms with E-state index in [1.165, 1.54) is 132 Å². The minimum absolute atomic E-state index is 0.0246. The van der Waals surface area contributed by atoms with Gasteiger partial charge >= 0.3 is 0 Å². The number of allylic oxidation sites excluding steroid dienone is 10. The highest BCUT2D eigenvalue weighted by molar-refractivity contribution is 6.07. The molecule has 12 rings (SSSR count). The highest BCUT2D eigenvalue weighted by Gasteiger charge is 2.60. The second-order valence-electron chi connectivity index (χ2n) is 29.7. The zero-order chi connectivity index (χ0) is 70.9. The maximum atomic E-state index is 6.09. The van der Waals surface area contributed by atoms with Crippen LogP contribution in [0.15, 0.2) is 209 Å². The van der Waals surface area contributed by atoms with Crippen molar-refractivity contribution >= 4 is 53.9 Å². The average molecular weight is 1310 g/mol. The molecule has 3 saturated heterocycles. The van der Waals surface area contributed by atoms with Crippen LogP contribution in [0.25, 0.3) is 53.9 Å². The molecular formula is C93H110O5. The molecular weight excluding hydrogens is 1200 g/mol. The number of benzene rings is 9. The van der Waals surface area contributed by atoms with Gasteiger partial charge in [0.25, 0.3) is 0 Å². The van der Waals surface area contributed by atoms with Crippen LogP contribution in [0.5, 0.6) is 5.75 Å². The largest absolute Gasteiger partial charge is 0.493 e. The zero-order valence-corrected chi connectivity index (χ0v) is 62.2. The molecule has 98 heavy (non-hydrogen) atoms. The van der Waals surface area contributed by atoms with E-state index in [0.717, 1.165) is 62.5 Å². The van der Waals surface area contributed by atoms with E-state index in [9.17, 15) is 0 Å². The van der Waals surface area contributed by atoms with Crippen LogP contribution < -0.4 is 4.74 Å². The SMILES string of the molecule is C=C/C=C/Cc1c2cc(C)ccc2c(CCC=C)c2cc(C)ccc12.C=C/C=C/Cc1cc(C)c(CC=C)cc1C.C=C/C=C\CCOc1cc(C)cc2c(COCC3OC3(C)C)cc(C)cc12.Cc1c2ccc(CC3(C)OC3(C)C)cc2c(C)c2ccc(CC3(C)OC3(C)C)cc12. The number of hydrogen-bond donors (Lipinski definition) is 0. The molecule has 3 atom stereocenters. The third-order valence-electron chi connectivity index (χ3n) is 20.8. The fourth-order valence-corrected chi connectivity index (χ4v) is 14.1. The first kappa shape index (κ1) is 74.1. The van der Waals surface area contributed by atoms with Gasteiger partial charge in [0, 0.05) is 18.2 Å². The molecule has 5 heteroatoms. The Morgan fingerprint density at radius 2 is 0.898 bits per heavy atom. The first-order chi connectivity index (χ1) is 46.6. The molecule has 0 aliphatic carbocycles. The summed E-state index contributed by atoms with van der Waals surface area (Å²) in [7, 11) is 0. The summed E-state index contributed by atoms with van der Waals surface area (Å²) in [6, 6.07) is 41.0. The molecule has 0 radical (unpaired) electrons. The average Bonchev–Trinajstić information content (AvgIpc) is 1.39. The lowest BCUT2D eigenvalue weighted by Crippen LogP contribution is -2.19. The zero-order valence-electron chi connectivity index (χ0n) is 62.2. The van der Waals surface area contributed by atoms with Crippen molar-refractivity contribution in [1.82, 2.24) is 0 Å². The highest BCUT2D eigenvalue weighted by atomic mass is 16.6. The van der Waals surface area contributed by atoms with Crippen LogP contribution in [0.3, 0.4) is 0 Å². The van der Waals surface area contributed by atoms with Gasteiger partial charge in [-0.05, 0) is 282 Å². The fraction of sp³-hybridized carbons (Fsp3) is 0.355. The summed E-state index contributed by atoms with van der Waals surface area (Å²) in [5.41, 5.74) is 19.8. The summed E-state index contributed by atoms with van der Waals surface area (Å²) in [5, 5.41) is 13.3. The van der Waals surface area contributed by atoms with Gasteiger partial charge in [0.2, 0.25) is 0 Å². The van der Waals surface area contributed by atoms with Crippen molar-refractivity contribution in [3.05, 3.63) is 292 Å². The van der Waals surface area contributed by atoms with Gasteiger partial charge in [-0.3, -0.25) is 0 Å². The van der Waals surface area contributed by atoms with Crippen molar-refractivity contribution in [1.29, 1.82) is 0 Å². The normalized spacial score (nSPS) is 18.5. The second-order valence-corrected chi connectivity index (χ2v) is 29.7. The Hall–Kier alpha value is -8.16. The van der Waals surface area contributed by atoms with Gasteiger partial charge in [-0.25, -0.2) is 0 Å². The van der Waals surface area contributed by atoms with Gasteiger partial charge in [-0.2, -0.15) is 0 Å². The number of fused-ring (bicyclic) bond motifs is 5. The van der Waals surface area contributed by atoms with E-state index in [0.29, 0.717) is 19.8 Å². The molecule has 3 unspecified atom stereocenters. The van der Waals surface area contributed by atoms with Crippen molar-refractivity contribution in [2.45, 2.75) is 203 Å². The Kier molecular flexibility index (Phi) is 23.7. The van der Waals surface area contributed by atoms with Crippen molar-refractivity contribution in [2.24, 2.45) is 0 Å². The number of rotatable bonds is 24. The third kappa shape index (κ3) is 17.4. The van der Waals surface area contributed by atoms with Crippen LogP contribution in [-0.2, 0) is 64.1 Å². The van der Waals surface area contributed by atoms with E-state index in [1.54, 1.807) is 6.08 Å². The second kappa shape index (κ2) is 31.4. The first-order valence-electron chi connectivity index (χ1n) is 35.5. The monoisotopic (exact) mass is 1310 g/mol. The van der Waals surface area contributed by atoms with Gasteiger partial charge in [-0.1, -0.05) is 195 Å². The summed E-state index contributed by atoms with van der Waals surface area (Å²) in [6.45, 7) is 55.5. The van der Waals surface area contributed by atoms with Gasteiger partial charge in [0.1, 0.15) is 11.9 Å². The van der Waals surface area contributed by atoms with Crippen molar-refractivity contribution < 1.29 is 23.7 Å². The Labute approximate surface area is 588 Å². The molecule has 5 nitrogen and oxygen atoms in total. The number of ether oxygens (including phenoxy) is 5. The van der Waals surface area contributed by atoms with Crippen LogP contribution in [0.1, 0.15) is 152 Å². The standard InChI is InChI=1S/C28H34O2.C25H26.C24H30O3.C16H20/c1-17-21-11-9-20(16-28(8)26(5,6)30-28)14-24(21)18(2)22-12-10-19(13-23(17)22)15-27(7)25(3,4)29-27;1-5-7-9-11-21-23-15-13-18(3)16-24(23)20(10-8-6-2)22-14-12-19(4)17-25(21)22;1-6-7-8-9-10-26-22-14-18(3)12-20-19(11-17(2)13-21(20)22)15-25-16-23-24(4,5)27-23;1-5-7-8-10-16-12-13(3)15(9-6-2)11-14(16)4/h9-14H,15-16H2,1-8H3;5-7,9,12-17H,1-2,8,10-11H2,3-4H3;6-8,11-14,23H,1,9-10,15-16H2,2-5H3;5-8,11-12H,1-2,9-10H2,3-4H3/b;9-7+;8-7-;8-7+. The Morgan fingerprint density at radius 1 is 0.429 bits per heavy atom. The molecule has 512 valence electrons. The van der Waals surface area contributed by atoms with Crippen LogP contribution in [0.2, 0.25) is 0 Å². The minimum atomic E-state index is -0.0514. The smallest absolute Gasteiger partial charge is 0.127 e. The highest BCUT2D eigenvalue weighted by Crippen LogP contribution is 2.51. The Bertz CT molecular complexity index is 4460. The molecule has 0 bridgehead atoms. The molecule has 3 fully saturated rings. The quantitative estimate of drug-likeness (QED) is 0.0198. The summed E-state index contributed by atoms with van der Waals surface area (Å²) in [6.07, 6.45) is 29.7. The van der Waals surface area contributed by atoms with E-state index in [2.05, 4.69) is 271 Å². The number of aryl methyl sites for hydroxylation is 9. The van der Waals surface area contributed by atoms with Crippen LogP contribution >= 0.6 is 0 Å².